The maximum atomic E-state index is 15.1. The Bertz CT molecular complexity index is 1460. The van der Waals surface area contributed by atoms with E-state index in [1.54, 1.807) is 23.1 Å². The molecule has 0 spiro atoms. The largest absolute Gasteiger partial charge is 0.481 e. The van der Waals surface area contributed by atoms with E-state index in [-0.39, 0.29) is 18.6 Å². The second kappa shape index (κ2) is 13.2. The summed E-state index contributed by atoms with van der Waals surface area (Å²) in [5.74, 6) is 0.192. The maximum absolute atomic E-state index is 15.1. The molecule has 0 bridgehead atoms. The molecule has 2 atom stereocenters. The van der Waals surface area contributed by atoms with Crippen LogP contribution in [0.2, 0.25) is 0 Å². The van der Waals surface area contributed by atoms with Crippen molar-refractivity contribution in [2.75, 3.05) is 63.4 Å². The van der Waals surface area contributed by atoms with E-state index in [1.807, 2.05) is 36.0 Å². The molecule has 2 aliphatic rings. The normalized spacial score (nSPS) is 17.5. The number of aliphatic hydroxyl groups excluding tert-OH is 1. The molecular formula is C29H35FN6O5S. The number of ether oxygens (including phenoxy) is 2. The van der Waals surface area contributed by atoms with Crippen molar-refractivity contribution < 1.29 is 28.6 Å². The fraction of sp³-hybridized carbons (Fsp3) is 0.448. The summed E-state index contributed by atoms with van der Waals surface area (Å²) < 4.78 is 26.0. The number of thioether (sulfide) groups is 1. The van der Waals surface area contributed by atoms with Gasteiger partial charge in [0.05, 0.1) is 42.9 Å². The van der Waals surface area contributed by atoms with E-state index in [1.165, 1.54) is 25.1 Å². The van der Waals surface area contributed by atoms with Crippen LogP contribution < -0.4 is 15.0 Å². The highest BCUT2D eigenvalue weighted by atomic mass is 32.2. The average Bonchev–Trinajstić information content (AvgIpc) is 3.33. The topological polar surface area (TPSA) is 120 Å². The summed E-state index contributed by atoms with van der Waals surface area (Å²) in [4.78, 5) is 39.6. The highest BCUT2D eigenvalue weighted by Gasteiger charge is 2.33. The monoisotopic (exact) mass is 598 g/mol. The zero-order chi connectivity index (χ0) is 29.8. The molecular weight excluding hydrogens is 563 g/mol. The number of carbonyl (C=O) groups is 2. The van der Waals surface area contributed by atoms with Crippen molar-refractivity contribution in [1.82, 2.24) is 19.8 Å². The minimum atomic E-state index is -0.652. The number of anilines is 2. The number of methoxy groups -OCH3 is 1. The summed E-state index contributed by atoms with van der Waals surface area (Å²) in [7, 11) is 5.27. The van der Waals surface area contributed by atoms with Crippen LogP contribution in [0.1, 0.15) is 18.4 Å². The first-order valence-electron chi connectivity index (χ1n) is 13.8. The number of benzene rings is 1. The molecule has 0 saturated carbocycles. The highest BCUT2D eigenvalue weighted by Crippen LogP contribution is 2.35. The third-order valence-corrected chi connectivity index (χ3v) is 8.23. The van der Waals surface area contributed by atoms with E-state index in [0.717, 1.165) is 4.90 Å². The zero-order valence-corrected chi connectivity index (χ0v) is 24.7. The van der Waals surface area contributed by atoms with Gasteiger partial charge in [-0.1, -0.05) is 0 Å². The second-order valence-electron chi connectivity index (χ2n) is 10.7. The van der Waals surface area contributed by atoms with Crippen LogP contribution in [0.25, 0.3) is 11.0 Å². The van der Waals surface area contributed by atoms with E-state index in [4.69, 9.17) is 9.47 Å². The predicted molar refractivity (Wildman–Crippen MR) is 159 cm³/mol. The van der Waals surface area contributed by atoms with Crippen LogP contribution in [0.15, 0.2) is 41.4 Å². The van der Waals surface area contributed by atoms with Gasteiger partial charge in [0, 0.05) is 41.8 Å². The molecule has 13 heteroatoms. The van der Waals surface area contributed by atoms with Crippen molar-refractivity contribution in [2.24, 2.45) is 0 Å². The minimum absolute atomic E-state index is 0.0682. The first-order valence-corrected chi connectivity index (χ1v) is 14.8. The quantitative estimate of drug-likeness (QED) is 0.321. The van der Waals surface area contributed by atoms with Crippen LogP contribution in [-0.2, 0) is 16.1 Å². The molecule has 2 N–H and O–H groups in total. The Morgan fingerprint density at radius 2 is 2.10 bits per heavy atom. The molecule has 1 saturated heterocycles. The number of nitrogens with one attached hydrogen (secondary N) is 1. The number of hydrogen-bond donors (Lipinski definition) is 2. The highest BCUT2D eigenvalue weighted by molar-refractivity contribution is 8.00. The Morgan fingerprint density at radius 1 is 1.26 bits per heavy atom. The number of rotatable bonds is 12. The Hall–Kier alpha value is -3.52. The molecule has 2 aliphatic heterocycles. The molecule has 0 radical (unpaired) electrons. The number of halogens is 1. The molecule has 5 rings (SSSR count). The lowest BCUT2D eigenvalue weighted by atomic mass is 10.1. The molecule has 2 aromatic heterocycles. The van der Waals surface area contributed by atoms with Gasteiger partial charge in [0.1, 0.15) is 17.4 Å². The van der Waals surface area contributed by atoms with Gasteiger partial charge in [0.25, 0.3) is 0 Å². The van der Waals surface area contributed by atoms with Crippen LogP contribution >= 0.6 is 11.8 Å². The van der Waals surface area contributed by atoms with E-state index in [9.17, 15) is 14.7 Å². The van der Waals surface area contributed by atoms with Gasteiger partial charge in [-0.25, -0.2) is 14.2 Å². The van der Waals surface area contributed by atoms with Gasteiger partial charge in [-0.05, 0) is 57.7 Å². The first-order chi connectivity index (χ1) is 20.2. The number of aliphatic hydroxyl groups is 1. The number of nitrogens with zero attached hydrogens (tertiary/aromatic N) is 5. The Labute approximate surface area is 248 Å². The number of pyridine rings is 2. The van der Waals surface area contributed by atoms with Crippen molar-refractivity contribution in [1.29, 1.82) is 0 Å². The number of aromatic nitrogens is 2. The molecule has 2 amide bonds. The van der Waals surface area contributed by atoms with Crippen LogP contribution in [0.4, 0.5) is 20.6 Å². The van der Waals surface area contributed by atoms with Gasteiger partial charge >= 0.3 is 6.09 Å². The van der Waals surface area contributed by atoms with Crippen LogP contribution in [0.5, 0.6) is 5.88 Å². The SMILES string of the molecule is COc1ccc2ncc(F)c(CN(CCCC3CN(c4ccc5c(c4)NC(=O)CS5)C(=O)O3)C[C@@H](O)CN(C)C)c2n1. The van der Waals surface area contributed by atoms with Crippen molar-refractivity contribution in [2.45, 2.75) is 36.5 Å². The average molecular weight is 599 g/mol. The van der Waals surface area contributed by atoms with Gasteiger partial charge in [0.2, 0.25) is 11.8 Å². The van der Waals surface area contributed by atoms with Gasteiger partial charge in [0.15, 0.2) is 0 Å². The number of cyclic esters (lactones) is 1. The van der Waals surface area contributed by atoms with Crippen molar-refractivity contribution in [3.8, 4) is 5.88 Å². The Morgan fingerprint density at radius 3 is 2.88 bits per heavy atom. The van der Waals surface area contributed by atoms with E-state index < -0.39 is 18.0 Å². The van der Waals surface area contributed by atoms with Crippen molar-refractivity contribution in [3.63, 3.8) is 0 Å². The van der Waals surface area contributed by atoms with E-state index in [0.29, 0.717) is 78.6 Å². The number of amides is 2. The zero-order valence-electron chi connectivity index (χ0n) is 23.9. The minimum Gasteiger partial charge on any atom is -0.481 e. The van der Waals surface area contributed by atoms with E-state index >= 15 is 4.39 Å². The summed E-state index contributed by atoms with van der Waals surface area (Å²) in [5, 5.41) is 13.6. The maximum Gasteiger partial charge on any atom is 0.414 e. The third kappa shape index (κ3) is 7.09. The molecule has 1 fully saturated rings. The molecule has 3 aromatic rings. The lowest BCUT2D eigenvalue weighted by Gasteiger charge is -2.27. The number of hydrogen-bond acceptors (Lipinski definition) is 10. The summed E-state index contributed by atoms with van der Waals surface area (Å²) in [5.41, 5.74) is 2.72. The lowest BCUT2D eigenvalue weighted by molar-refractivity contribution is -0.113. The van der Waals surface area contributed by atoms with Crippen LogP contribution in [0, 0.1) is 5.82 Å². The van der Waals surface area contributed by atoms with Crippen molar-refractivity contribution in [3.05, 3.63) is 47.9 Å². The fourth-order valence-electron chi connectivity index (χ4n) is 5.24. The smallest absolute Gasteiger partial charge is 0.414 e. The van der Waals surface area contributed by atoms with Crippen molar-refractivity contribution >= 4 is 46.2 Å². The van der Waals surface area contributed by atoms with Gasteiger partial charge in [-0.15, -0.1) is 11.8 Å². The lowest BCUT2D eigenvalue weighted by Crippen LogP contribution is -2.38. The molecule has 1 aromatic carbocycles. The van der Waals surface area contributed by atoms with Gasteiger partial charge in [-0.3, -0.25) is 19.6 Å². The molecule has 224 valence electrons. The van der Waals surface area contributed by atoms with E-state index in [2.05, 4.69) is 15.3 Å². The molecule has 1 unspecified atom stereocenters. The summed E-state index contributed by atoms with van der Waals surface area (Å²) in [6.45, 7) is 1.91. The first kappa shape index (κ1) is 30.0. The summed E-state index contributed by atoms with van der Waals surface area (Å²) >= 11 is 1.46. The Balaban J connectivity index is 1.25. The second-order valence-corrected chi connectivity index (χ2v) is 11.8. The summed E-state index contributed by atoms with van der Waals surface area (Å²) in [6, 6.07) is 8.98. The predicted octanol–water partition coefficient (Wildman–Crippen LogP) is 3.35. The Kier molecular flexibility index (Phi) is 9.41. The van der Waals surface area contributed by atoms with Gasteiger partial charge in [-0.2, -0.15) is 0 Å². The molecule has 4 heterocycles. The number of fused-ring (bicyclic) bond motifs is 2. The number of carbonyl (C=O) groups excluding carboxylic acids is 2. The van der Waals surface area contributed by atoms with Crippen LogP contribution in [-0.4, -0.2) is 102 Å². The van der Waals surface area contributed by atoms with Crippen LogP contribution in [0.3, 0.4) is 0 Å². The standard InChI is InChI=1S/C29H35FN6O5S/c1-34(2)13-19(37)14-35(16-21-22(30)12-31-23-7-9-27(40-3)33-28(21)23)10-4-5-20-15-36(29(39)41-20)18-6-8-25-24(11-18)32-26(38)17-42-25/h6-9,11-12,19-20,37H,4-5,10,13-17H2,1-3H3,(H,32,38)/t19-,20?/m0/s1. The number of likely N-dealkylation sites (N-methyl/N-ethyl adjacent to an activating group) is 1. The summed E-state index contributed by atoms with van der Waals surface area (Å²) in [6.07, 6.45) is 1.03. The fourth-order valence-corrected chi connectivity index (χ4v) is 6.03. The molecule has 11 nitrogen and oxygen atoms in total. The molecule has 42 heavy (non-hydrogen) atoms. The van der Waals surface area contributed by atoms with Gasteiger partial charge < -0.3 is 24.8 Å². The third-order valence-electron chi connectivity index (χ3n) is 7.16. The molecule has 0 aliphatic carbocycles.